The number of imidazole rings is 1. The molecule has 6 N–H and O–H groups in total. The van der Waals surface area contributed by atoms with E-state index in [1.807, 2.05) is 26.8 Å². The molecule has 0 radical (unpaired) electrons. The third-order valence-electron chi connectivity index (χ3n) is 10.0. The first kappa shape index (κ1) is 41.9. The summed E-state index contributed by atoms with van der Waals surface area (Å²) in [6.07, 6.45) is -2.97. The summed E-state index contributed by atoms with van der Waals surface area (Å²) < 4.78 is 78.9. The van der Waals surface area contributed by atoms with Gasteiger partial charge in [-0.3, -0.25) is 9.12 Å². The summed E-state index contributed by atoms with van der Waals surface area (Å²) in [5, 5.41) is 16.7. The zero-order chi connectivity index (χ0) is 40.9. The maximum Gasteiger partial charge on any atom is 0.416 e. The fraction of sp³-hybridized carbons (Fsp3) is 0.250. The Balaban J connectivity index is 0.00000620. The summed E-state index contributed by atoms with van der Waals surface area (Å²) in [5.74, 6) is -0.241. The number of nitriles is 1. The van der Waals surface area contributed by atoms with Crippen LogP contribution < -0.4 is 17.2 Å². The van der Waals surface area contributed by atoms with E-state index in [4.69, 9.17) is 0 Å². The molecule has 57 heavy (non-hydrogen) atoms. The second-order valence-corrected chi connectivity index (χ2v) is 15.3. The van der Waals surface area contributed by atoms with Crippen LogP contribution in [-0.2, 0) is 22.7 Å². The number of halogens is 3. The van der Waals surface area contributed by atoms with Crippen LogP contribution in [0.3, 0.4) is 0 Å². The van der Waals surface area contributed by atoms with Gasteiger partial charge in [0.25, 0.3) is 10.1 Å². The second kappa shape index (κ2) is 15.7. The van der Waals surface area contributed by atoms with Crippen LogP contribution in [0.25, 0.3) is 22.8 Å². The van der Waals surface area contributed by atoms with Gasteiger partial charge < -0.3 is 16.5 Å². The molecule has 1 atom stereocenters. The molecule has 0 fully saturated rings. The Hall–Kier alpha value is -6.22. The van der Waals surface area contributed by atoms with E-state index in [1.165, 1.54) is 36.0 Å². The predicted octanol–water partition coefficient (Wildman–Crippen LogP) is 7.90. The highest BCUT2D eigenvalue weighted by Gasteiger charge is 2.33. The number of aromatic amines is 1. The number of carbonyl (C=O) groups is 1. The van der Waals surface area contributed by atoms with E-state index in [2.05, 4.69) is 15.4 Å². The van der Waals surface area contributed by atoms with Crippen molar-refractivity contribution in [2.24, 2.45) is 5.92 Å². The number of H-pyrrole nitrogens is 1. The largest absolute Gasteiger partial charge is 0.416 e. The van der Waals surface area contributed by atoms with Gasteiger partial charge in [0, 0.05) is 17.8 Å². The van der Waals surface area contributed by atoms with Crippen LogP contribution in [0.5, 0.6) is 0 Å². The molecule has 0 aliphatic carbocycles. The highest BCUT2D eigenvalue weighted by atomic mass is 32.2. The maximum atomic E-state index is 14.5. The molecule has 298 valence electrons. The van der Waals surface area contributed by atoms with Crippen molar-refractivity contribution in [2.75, 3.05) is 0 Å². The SMILES string of the molecule is Cc1c(Cc2ccc(C(NC(=O)n3c(-c4ccnn4-c4ccc(C#N)cc4)c(C)n(-c4cccc(C(F)(F)F)c4)c3=O)C(C)C)[nH]2)cc(S(=O)(=O)O)c(C)c1C.N. The van der Waals surface area contributed by atoms with Crippen LogP contribution in [0, 0.1) is 44.9 Å². The molecular formula is C40H41F3N8O5S. The Bertz CT molecular complexity index is 2700. The van der Waals surface area contributed by atoms with Gasteiger partial charge in [-0.25, -0.2) is 18.8 Å². The third-order valence-corrected chi connectivity index (χ3v) is 11.0. The highest BCUT2D eigenvalue weighted by Crippen LogP contribution is 2.33. The van der Waals surface area contributed by atoms with E-state index in [1.54, 1.807) is 56.3 Å². The Morgan fingerprint density at radius 2 is 1.65 bits per heavy atom. The standard InChI is InChI=1S/C40H38F3N7O5S.H3N/c1-22(2)36(33-15-12-30(46-33)18-28-19-35(56(53,54)55)25(5)23(3)24(28)4)47-38(51)49-37(34-16-17-45-50(34)31-13-10-27(21-44)11-14-31)26(6)48(39(49)52)32-9-7-8-29(20-32)40(41,42)43;/h7-17,19-20,22,36,46H,18H2,1-6H3,(H,47,51)(H,53,54,55);1H3. The molecule has 0 aliphatic rings. The Morgan fingerprint density at radius 3 is 2.26 bits per heavy atom. The van der Waals surface area contributed by atoms with Crippen molar-refractivity contribution >= 4 is 16.1 Å². The zero-order valence-corrected chi connectivity index (χ0v) is 32.7. The lowest BCUT2D eigenvalue weighted by molar-refractivity contribution is -0.137. The van der Waals surface area contributed by atoms with Crippen molar-refractivity contribution in [3.63, 3.8) is 0 Å². The van der Waals surface area contributed by atoms with Crippen molar-refractivity contribution in [1.29, 1.82) is 5.26 Å². The van der Waals surface area contributed by atoms with Crippen LogP contribution in [0.4, 0.5) is 18.0 Å². The molecule has 3 aromatic heterocycles. The lowest BCUT2D eigenvalue weighted by Crippen LogP contribution is -2.40. The van der Waals surface area contributed by atoms with E-state index in [-0.39, 0.29) is 46.2 Å². The Labute approximate surface area is 326 Å². The van der Waals surface area contributed by atoms with Gasteiger partial charge in [-0.05, 0) is 123 Å². The van der Waals surface area contributed by atoms with Gasteiger partial charge in [0.1, 0.15) is 5.69 Å². The van der Waals surface area contributed by atoms with Crippen molar-refractivity contribution < 1.29 is 30.9 Å². The first-order chi connectivity index (χ1) is 26.3. The number of nitrogens with one attached hydrogen (secondary N) is 2. The maximum absolute atomic E-state index is 14.5. The molecule has 6 aromatic rings. The fourth-order valence-corrected chi connectivity index (χ4v) is 7.70. The molecule has 13 nitrogen and oxygen atoms in total. The lowest BCUT2D eigenvalue weighted by atomic mass is 9.96. The van der Waals surface area contributed by atoms with Gasteiger partial charge in [0.2, 0.25) is 0 Å². The first-order valence-corrected chi connectivity index (χ1v) is 18.9. The number of hydrogen-bond donors (Lipinski definition) is 4. The average molecular weight is 803 g/mol. The average Bonchev–Trinajstić information content (AvgIpc) is 3.87. The molecule has 0 spiro atoms. The van der Waals surface area contributed by atoms with Crippen LogP contribution in [0.1, 0.15) is 70.4 Å². The number of benzene rings is 3. The second-order valence-electron chi connectivity index (χ2n) is 13.9. The number of amides is 1. The molecular weight excluding hydrogens is 762 g/mol. The van der Waals surface area contributed by atoms with Gasteiger partial charge in [-0.2, -0.15) is 31.9 Å². The number of carbonyl (C=O) groups excluding carboxylic acids is 1. The van der Waals surface area contributed by atoms with E-state index in [0.29, 0.717) is 33.8 Å². The number of hydrogen-bond acceptors (Lipinski definition) is 7. The van der Waals surface area contributed by atoms with Crippen LogP contribution in [-0.4, -0.2) is 42.9 Å². The van der Waals surface area contributed by atoms with Gasteiger partial charge in [0.15, 0.2) is 0 Å². The number of rotatable bonds is 9. The normalized spacial score (nSPS) is 12.3. The minimum absolute atomic E-state index is 0. The number of nitrogens with zero attached hydrogens (tertiary/aromatic N) is 5. The van der Waals surface area contributed by atoms with Crippen molar-refractivity contribution in [1.82, 2.24) is 35.4 Å². The van der Waals surface area contributed by atoms with E-state index in [9.17, 15) is 41.0 Å². The molecule has 0 bridgehead atoms. The summed E-state index contributed by atoms with van der Waals surface area (Å²) in [6.45, 7) is 10.5. The van der Waals surface area contributed by atoms with E-state index < -0.39 is 39.6 Å². The van der Waals surface area contributed by atoms with E-state index in [0.717, 1.165) is 32.4 Å². The minimum atomic E-state index is -4.69. The fourth-order valence-electron chi connectivity index (χ4n) is 6.87. The van der Waals surface area contributed by atoms with Gasteiger partial charge in [-0.1, -0.05) is 19.9 Å². The summed E-state index contributed by atoms with van der Waals surface area (Å²) in [7, 11) is -4.47. The van der Waals surface area contributed by atoms with Crippen molar-refractivity contribution in [2.45, 2.75) is 65.1 Å². The smallest absolute Gasteiger partial charge is 0.360 e. The minimum Gasteiger partial charge on any atom is -0.360 e. The van der Waals surface area contributed by atoms with Crippen LogP contribution >= 0.6 is 0 Å². The molecule has 3 aromatic carbocycles. The molecule has 0 aliphatic heterocycles. The Morgan fingerprint density at radius 1 is 0.965 bits per heavy atom. The summed E-state index contributed by atoms with van der Waals surface area (Å²) >= 11 is 0. The topological polar surface area (TPSA) is 203 Å². The molecule has 0 saturated carbocycles. The molecule has 6 rings (SSSR count). The summed E-state index contributed by atoms with van der Waals surface area (Å²) in [4.78, 5) is 32.0. The molecule has 1 amide bonds. The van der Waals surface area contributed by atoms with Crippen LogP contribution in [0.15, 0.2) is 88.7 Å². The predicted molar refractivity (Wildman–Crippen MR) is 208 cm³/mol. The monoisotopic (exact) mass is 802 g/mol. The van der Waals surface area contributed by atoms with Gasteiger partial charge in [0.05, 0.1) is 57.1 Å². The molecule has 3 heterocycles. The quantitative estimate of drug-likeness (QED) is 0.106. The van der Waals surface area contributed by atoms with Gasteiger partial charge in [-0.15, -0.1) is 0 Å². The molecule has 17 heteroatoms. The molecule has 0 saturated heterocycles. The third kappa shape index (κ3) is 8.05. The number of alkyl halides is 3. The number of aromatic nitrogens is 5. The first-order valence-electron chi connectivity index (χ1n) is 17.4. The van der Waals surface area contributed by atoms with Gasteiger partial charge >= 0.3 is 17.9 Å². The Kier molecular flexibility index (Phi) is 11.6. The van der Waals surface area contributed by atoms with Crippen molar-refractivity contribution in [3.8, 4) is 28.8 Å². The van der Waals surface area contributed by atoms with Crippen molar-refractivity contribution in [3.05, 3.63) is 140 Å². The van der Waals surface area contributed by atoms with E-state index >= 15 is 0 Å². The molecule has 1 unspecified atom stereocenters. The lowest BCUT2D eigenvalue weighted by Gasteiger charge is -2.22. The highest BCUT2D eigenvalue weighted by molar-refractivity contribution is 7.85. The summed E-state index contributed by atoms with van der Waals surface area (Å²) in [6, 6.07) is 17.7. The van der Waals surface area contributed by atoms with Crippen LogP contribution in [0.2, 0.25) is 0 Å². The zero-order valence-electron chi connectivity index (χ0n) is 31.9. The summed E-state index contributed by atoms with van der Waals surface area (Å²) in [5.41, 5.74) is 3.36.